The van der Waals surface area contributed by atoms with Gasteiger partial charge in [-0.3, -0.25) is 9.48 Å². The molecule has 0 radical (unpaired) electrons. The minimum atomic E-state index is -4.63. The molecule has 1 amide bonds. The van der Waals surface area contributed by atoms with Gasteiger partial charge in [-0.25, -0.2) is 0 Å². The van der Waals surface area contributed by atoms with Crippen LogP contribution in [-0.4, -0.2) is 22.7 Å². The molecule has 0 aliphatic heterocycles. The molecule has 7 heteroatoms. The highest BCUT2D eigenvalue weighted by molar-refractivity contribution is 5.96. The largest absolute Gasteiger partial charge is 0.435 e. The van der Waals surface area contributed by atoms with Crippen molar-refractivity contribution in [1.82, 2.24) is 15.1 Å². The second-order valence-corrected chi connectivity index (χ2v) is 3.92. The lowest BCUT2D eigenvalue weighted by Gasteiger charge is -2.07. The highest BCUT2D eigenvalue weighted by Gasteiger charge is 2.40. The number of carbonyl (C=O) groups excluding carboxylic acids is 1. The smallest absolute Gasteiger partial charge is 0.355 e. The number of rotatable bonds is 2. The number of amides is 1. The number of hydrogen-bond acceptors (Lipinski definition) is 2. The minimum Gasteiger partial charge on any atom is -0.355 e. The van der Waals surface area contributed by atoms with E-state index in [4.69, 9.17) is 0 Å². The van der Waals surface area contributed by atoms with Crippen LogP contribution >= 0.6 is 0 Å². The van der Waals surface area contributed by atoms with Gasteiger partial charge in [-0.15, -0.1) is 0 Å². The molecule has 1 N–H and O–H groups in total. The van der Waals surface area contributed by atoms with Gasteiger partial charge in [-0.05, 0) is 20.8 Å². The molecule has 0 saturated carbocycles. The Hall–Kier alpha value is -1.53. The van der Waals surface area contributed by atoms with Gasteiger partial charge in [-0.2, -0.15) is 18.3 Å². The fraction of sp³-hybridized carbons (Fsp3) is 0.600. The molecule has 0 unspecified atom stereocenters. The quantitative estimate of drug-likeness (QED) is 0.873. The van der Waals surface area contributed by atoms with Crippen LogP contribution < -0.4 is 5.32 Å². The summed E-state index contributed by atoms with van der Waals surface area (Å²) in [5.74, 6) is -0.776. The van der Waals surface area contributed by atoms with Crippen molar-refractivity contribution in [2.75, 3.05) is 7.05 Å². The zero-order chi connectivity index (χ0) is 13.4. The van der Waals surface area contributed by atoms with Gasteiger partial charge in [0.05, 0.1) is 5.56 Å². The van der Waals surface area contributed by atoms with Crippen LogP contribution in [0, 0.1) is 6.92 Å². The third-order valence-electron chi connectivity index (χ3n) is 2.36. The Balaban J connectivity index is 3.48. The van der Waals surface area contributed by atoms with E-state index in [0.29, 0.717) is 0 Å². The van der Waals surface area contributed by atoms with Gasteiger partial charge >= 0.3 is 6.18 Å². The summed E-state index contributed by atoms with van der Waals surface area (Å²) in [5, 5.41) is 5.67. The Morgan fingerprint density at radius 3 is 2.29 bits per heavy atom. The molecule has 96 valence electrons. The molecule has 0 saturated heterocycles. The van der Waals surface area contributed by atoms with Gasteiger partial charge in [-0.1, -0.05) is 0 Å². The Kier molecular flexibility index (Phi) is 3.49. The van der Waals surface area contributed by atoms with Crippen LogP contribution in [0.15, 0.2) is 0 Å². The number of nitrogens with one attached hydrogen (secondary N) is 1. The molecule has 1 aromatic rings. The number of alkyl halides is 3. The van der Waals surface area contributed by atoms with Crippen LogP contribution in [0.5, 0.6) is 0 Å². The Morgan fingerprint density at radius 2 is 1.94 bits per heavy atom. The summed E-state index contributed by atoms with van der Waals surface area (Å²) in [5.41, 5.74) is -1.33. The molecular formula is C10H14F3N3O. The average Bonchev–Trinajstić information content (AvgIpc) is 2.54. The Bertz CT molecular complexity index is 435. The van der Waals surface area contributed by atoms with E-state index in [-0.39, 0.29) is 11.7 Å². The van der Waals surface area contributed by atoms with Crippen LogP contribution in [0.25, 0.3) is 0 Å². The van der Waals surface area contributed by atoms with Crippen molar-refractivity contribution in [3.63, 3.8) is 0 Å². The van der Waals surface area contributed by atoms with Crippen LogP contribution in [-0.2, 0) is 6.18 Å². The number of carbonyl (C=O) groups is 1. The predicted molar refractivity (Wildman–Crippen MR) is 55.7 cm³/mol. The van der Waals surface area contributed by atoms with E-state index in [9.17, 15) is 18.0 Å². The first kappa shape index (κ1) is 13.5. The summed E-state index contributed by atoms with van der Waals surface area (Å²) in [6.07, 6.45) is -4.63. The molecule has 1 heterocycles. The third kappa shape index (κ3) is 2.42. The third-order valence-corrected chi connectivity index (χ3v) is 2.36. The molecule has 0 aliphatic carbocycles. The first-order chi connectivity index (χ1) is 7.70. The van der Waals surface area contributed by atoms with Gasteiger partial charge in [0.25, 0.3) is 5.91 Å². The lowest BCUT2D eigenvalue weighted by atomic mass is 10.1. The van der Waals surface area contributed by atoms with Crippen LogP contribution in [0.2, 0.25) is 0 Å². The molecule has 0 atom stereocenters. The molecule has 1 rings (SSSR count). The van der Waals surface area contributed by atoms with E-state index in [1.807, 2.05) is 0 Å². The molecule has 0 aliphatic rings. The fourth-order valence-corrected chi connectivity index (χ4v) is 1.62. The predicted octanol–water partition coefficient (Wildman–Crippen LogP) is 2.15. The fourth-order valence-electron chi connectivity index (χ4n) is 1.62. The van der Waals surface area contributed by atoms with Crippen molar-refractivity contribution in [2.45, 2.75) is 33.0 Å². The summed E-state index contributed by atoms with van der Waals surface area (Å²) in [7, 11) is 1.29. The van der Waals surface area contributed by atoms with Crippen LogP contribution in [0.1, 0.15) is 41.6 Å². The van der Waals surface area contributed by atoms with Crippen molar-refractivity contribution < 1.29 is 18.0 Å². The van der Waals surface area contributed by atoms with E-state index in [1.165, 1.54) is 18.7 Å². The monoisotopic (exact) mass is 249 g/mol. The van der Waals surface area contributed by atoms with E-state index >= 15 is 0 Å². The van der Waals surface area contributed by atoms with Gasteiger partial charge in [0.1, 0.15) is 0 Å². The van der Waals surface area contributed by atoms with Crippen LogP contribution in [0.4, 0.5) is 13.2 Å². The summed E-state index contributed by atoms with van der Waals surface area (Å²) in [6, 6.07) is -0.241. The first-order valence-corrected chi connectivity index (χ1v) is 5.08. The highest BCUT2D eigenvalue weighted by Crippen LogP contribution is 2.33. The topological polar surface area (TPSA) is 46.9 Å². The second kappa shape index (κ2) is 4.38. The normalized spacial score (nSPS) is 12.0. The van der Waals surface area contributed by atoms with E-state index < -0.39 is 23.3 Å². The summed E-state index contributed by atoms with van der Waals surface area (Å²) >= 11 is 0. The average molecular weight is 249 g/mol. The van der Waals surface area contributed by atoms with Crippen molar-refractivity contribution in [2.24, 2.45) is 0 Å². The zero-order valence-electron chi connectivity index (χ0n) is 10.0. The molecule has 17 heavy (non-hydrogen) atoms. The maximum atomic E-state index is 12.7. The molecule has 0 fully saturated rings. The molecule has 0 spiro atoms. The van der Waals surface area contributed by atoms with Gasteiger partial charge in [0, 0.05) is 18.8 Å². The first-order valence-electron chi connectivity index (χ1n) is 5.08. The number of halogens is 3. The standard InChI is InChI=1S/C10H14F3N3O/c1-5(2)16-6(3)7(9(17)14-4)8(15-16)10(11,12)13/h5H,1-4H3,(H,14,17). The summed E-state index contributed by atoms with van der Waals surface area (Å²) in [6.45, 7) is 4.86. The maximum Gasteiger partial charge on any atom is 0.435 e. The molecule has 1 aromatic heterocycles. The minimum absolute atomic E-state index is 0.215. The SMILES string of the molecule is CNC(=O)c1c(C(F)(F)F)nn(C(C)C)c1C. The number of nitrogens with zero attached hydrogens (tertiary/aromatic N) is 2. The second-order valence-electron chi connectivity index (χ2n) is 3.92. The molecular weight excluding hydrogens is 235 g/mol. The summed E-state index contributed by atoms with van der Waals surface area (Å²) < 4.78 is 39.4. The van der Waals surface area contributed by atoms with Crippen molar-refractivity contribution in [3.8, 4) is 0 Å². The maximum absolute atomic E-state index is 12.7. The zero-order valence-corrected chi connectivity index (χ0v) is 10.0. The van der Waals surface area contributed by atoms with Gasteiger partial charge in [0.2, 0.25) is 0 Å². The molecule has 0 aromatic carbocycles. The van der Waals surface area contributed by atoms with E-state index in [2.05, 4.69) is 10.4 Å². The van der Waals surface area contributed by atoms with Gasteiger partial charge < -0.3 is 5.32 Å². The Labute approximate surface area is 96.8 Å². The molecule has 4 nitrogen and oxygen atoms in total. The van der Waals surface area contributed by atoms with Gasteiger partial charge in [0.15, 0.2) is 5.69 Å². The lowest BCUT2D eigenvalue weighted by molar-refractivity contribution is -0.141. The Morgan fingerprint density at radius 1 is 1.41 bits per heavy atom. The van der Waals surface area contributed by atoms with Crippen molar-refractivity contribution in [3.05, 3.63) is 17.0 Å². The number of hydrogen-bond donors (Lipinski definition) is 1. The lowest BCUT2D eigenvalue weighted by Crippen LogP contribution is -2.22. The highest BCUT2D eigenvalue weighted by atomic mass is 19.4. The molecule has 0 bridgehead atoms. The van der Waals surface area contributed by atoms with E-state index in [0.717, 1.165) is 0 Å². The van der Waals surface area contributed by atoms with E-state index in [1.54, 1.807) is 13.8 Å². The summed E-state index contributed by atoms with van der Waals surface area (Å²) in [4.78, 5) is 11.5. The number of aromatic nitrogens is 2. The van der Waals surface area contributed by atoms with Crippen molar-refractivity contribution >= 4 is 5.91 Å². The van der Waals surface area contributed by atoms with Crippen molar-refractivity contribution in [1.29, 1.82) is 0 Å². The van der Waals surface area contributed by atoms with Crippen LogP contribution in [0.3, 0.4) is 0 Å².